The Kier molecular flexibility index (Phi) is 4.65. The predicted octanol–water partition coefficient (Wildman–Crippen LogP) is 2.69. The number of carbonyl (C=O) groups is 1. The summed E-state index contributed by atoms with van der Waals surface area (Å²) in [5.74, 6) is -0.966. The zero-order valence-corrected chi connectivity index (χ0v) is 11.5. The van der Waals surface area contributed by atoms with Crippen LogP contribution in [0.3, 0.4) is 0 Å². The topological polar surface area (TPSA) is 62.2 Å². The molecular weight excluding hydrogens is 260 g/mol. The number of nitrogens with one attached hydrogen (secondary N) is 1. The standard InChI is InChI=1S/C14H16N2O2S/c1-2-10-3-5-11(6-4-10)7-15-8-12-9-19-13(16-12)14(17)18/h3-6,9,15H,2,7-8H2,1H3,(H,17,18). The average molecular weight is 276 g/mol. The van der Waals surface area contributed by atoms with Crippen molar-refractivity contribution in [3.63, 3.8) is 0 Å². The Morgan fingerprint density at radius 3 is 2.53 bits per heavy atom. The highest BCUT2D eigenvalue weighted by atomic mass is 32.1. The van der Waals surface area contributed by atoms with Crippen LogP contribution in [0.4, 0.5) is 0 Å². The number of aromatic carboxylic acids is 1. The van der Waals surface area contributed by atoms with Gasteiger partial charge < -0.3 is 10.4 Å². The van der Waals surface area contributed by atoms with E-state index < -0.39 is 5.97 Å². The molecule has 5 heteroatoms. The Hall–Kier alpha value is -1.72. The number of nitrogens with zero attached hydrogens (tertiary/aromatic N) is 1. The van der Waals surface area contributed by atoms with Crippen LogP contribution in [0.5, 0.6) is 0 Å². The normalized spacial score (nSPS) is 10.6. The van der Waals surface area contributed by atoms with E-state index >= 15 is 0 Å². The summed E-state index contributed by atoms with van der Waals surface area (Å²) in [6, 6.07) is 8.47. The predicted molar refractivity (Wildman–Crippen MR) is 75.4 cm³/mol. The third kappa shape index (κ3) is 3.87. The molecule has 0 unspecified atom stereocenters. The first-order valence-corrected chi connectivity index (χ1v) is 7.03. The molecule has 0 bridgehead atoms. The number of aromatic nitrogens is 1. The van der Waals surface area contributed by atoms with Gasteiger partial charge in [0.05, 0.1) is 5.69 Å². The third-order valence-corrected chi connectivity index (χ3v) is 3.68. The van der Waals surface area contributed by atoms with E-state index in [0.29, 0.717) is 6.54 Å². The fraction of sp³-hybridized carbons (Fsp3) is 0.286. The van der Waals surface area contributed by atoms with Crippen molar-refractivity contribution < 1.29 is 9.90 Å². The first-order chi connectivity index (χ1) is 9.19. The van der Waals surface area contributed by atoms with Gasteiger partial charge in [-0.15, -0.1) is 11.3 Å². The molecule has 0 aliphatic rings. The van der Waals surface area contributed by atoms with Crippen LogP contribution in [-0.4, -0.2) is 16.1 Å². The van der Waals surface area contributed by atoms with E-state index in [1.165, 1.54) is 11.1 Å². The lowest BCUT2D eigenvalue weighted by atomic mass is 10.1. The molecule has 4 nitrogen and oxygen atoms in total. The molecule has 0 spiro atoms. The largest absolute Gasteiger partial charge is 0.476 e. The van der Waals surface area contributed by atoms with E-state index in [0.717, 1.165) is 30.0 Å². The highest BCUT2D eigenvalue weighted by Gasteiger charge is 2.08. The van der Waals surface area contributed by atoms with Gasteiger partial charge in [-0.2, -0.15) is 0 Å². The molecule has 2 N–H and O–H groups in total. The van der Waals surface area contributed by atoms with Gasteiger partial charge in [-0.05, 0) is 17.5 Å². The van der Waals surface area contributed by atoms with Gasteiger partial charge >= 0.3 is 5.97 Å². The molecule has 1 aromatic carbocycles. The lowest BCUT2D eigenvalue weighted by Crippen LogP contribution is -2.13. The Morgan fingerprint density at radius 2 is 1.95 bits per heavy atom. The van der Waals surface area contributed by atoms with Gasteiger partial charge in [0.1, 0.15) is 0 Å². The van der Waals surface area contributed by atoms with Crippen LogP contribution in [0.2, 0.25) is 0 Å². The molecule has 19 heavy (non-hydrogen) atoms. The summed E-state index contributed by atoms with van der Waals surface area (Å²) in [5.41, 5.74) is 3.31. The summed E-state index contributed by atoms with van der Waals surface area (Å²) in [7, 11) is 0. The maximum atomic E-state index is 10.7. The lowest BCUT2D eigenvalue weighted by Gasteiger charge is -2.04. The van der Waals surface area contributed by atoms with Crippen molar-refractivity contribution in [2.75, 3.05) is 0 Å². The minimum absolute atomic E-state index is 0.143. The summed E-state index contributed by atoms with van der Waals surface area (Å²) in [4.78, 5) is 14.7. The molecule has 0 saturated heterocycles. The maximum Gasteiger partial charge on any atom is 0.365 e. The van der Waals surface area contributed by atoms with Crippen LogP contribution in [-0.2, 0) is 19.5 Å². The van der Waals surface area contributed by atoms with Crippen LogP contribution in [0, 0.1) is 0 Å². The van der Waals surface area contributed by atoms with Crippen molar-refractivity contribution in [2.45, 2.75) is 26.4 Å². The summed E-state index contributed by atoms with van der Waals surface area (Å²) in [6.07, 6.45) is 1.05. The fourth-order valence-corrected chi connectivity index (χ4v) is 2.37. The Balaban J connectivity index is 1.83. The van der Waals surface area contributed by atoms with E-state index in [-0.39, 0.29) is 5.01 Å². The number of aryl methyl sites for hydroxylation is 1. The first kappa shape index (κ1) is 13.7. The first-order valence-electron chi connectivity index (χ1n) is 6.15. The molecule has 0 radical (unpaired) electrons. The quantitative estimate of drug-likeness (QED) is 0.851. The second kappa shape index (κ2) is 6.45. The number of rotatable bonds is 6. The number of carboxylic acid groups (broad SMARTS) is 1. The number of hydrogen-bond acceptors (Lipinski definition) is 4. The van der Waals surface area contributed by atoms with Gasteiger partial charge in [0.15, 0.2) is 0 Å². The Labute approximate surface area is 116 Å². The van der Waals surface area contributed by atoms with Gasteiger partial charge in [0.25, 0.3) is 0 Å². The van der Waals surface area contributed by atoms with Gasteiger partial charge in [0, 0.05) is 18.5 Å². The van der Waals surface area contributed by atoms with Crippen molar-refractivity contribution in [2.24, 2.45) is 0 Å². The fourth-order valence-electron chi connectivity index (χ4n) is 1.71. The van der Waals surface area contributed by atoms with E-state index in [9.17, 15) is 4.79 Å². The van der Waals surface area contributed by atoms with Crippen molar-refractivity contribution >= 4 is 17.3 Å². The second-order valence-corrected chi connectivity index (χ2v) is 5.08. The molecule has 0 fully saturated rings. The second-order valence-electron chi connectivity index (χ2n) is 4.22. The molecule has 0 amide bonds. The molecule has 100 valence electrons. The number of thiazole rings is 1. The molecule has 0 aliphatic heterocycles. The SMILES string of the molecule is CCc1ccc(CNCc2csc(C(=O)O)n2)cc1. The van der Waals surface area contributed by atoms with Crippen LogP contribution in [0.1, 0.15) is 33.5 Å². The summed E-state index contributed by atoms with van der Waals surface area (Å²) >= 11 is 1.16. The van der Waals surface area contributed by atoms with E-state index in [4.69, 9.17) is 5.11 Å². The van der Waals surface area contributed by atoms with Crippen molar-refractivity contribution in [1.82, 2.24) is 10.3 Å². The zero-order chi connectivity index (χ0) is 13.7. The molecule has 2 rings (SSSR count). The van der Waals surface area contributed by atoms with Crippen LogP contribution in [0.25, 0.3) is 0 Å². The average Bonchev–Trinajstić information content (AvgIpc) is 2.89. The summed E-state index contributed by atoms with van der Waals surface area (Å²) in [6.45, 7) is 3.47. The molecule has 0 aliphatic carbocycles. The van der Waals surface area contributed by atoms with Crippen molar-refractivity contribution in [3.05, 3.63) is 51.5 Å². The Morgan fingerprint density at radius 1 is 1.26 bits per heavy atom. The smallest absolute Gasteiger partial charge is 0.365 e. The van der Waals surface area contributed by atoms with Crippen LogP contribution < -0.4 is 5.32 Å². The van der Waals surface area contributed by atoms with Gasteiger partial charge in [0.2, 0.25) is 5.01 Å². The number of carboxylic acids is 1. The highest BCUT2D eigenvalue weighted by Crippen LogP contribution is 2.10. The minimum atomic E-state index is -0.966. The number of benzene rings is 1. The molecular formula is C14H16N2O2S. The van der Waals surface area contributed by atoms with Crippen molar-refractivity contribution in [3.8, 4) is 0 Å². The minimum Gasteiger partial charge on any atom is -0.476 e. The third-order valence-electron chi connectivity index (χ3n) is 2.80. The Bertz CT molecular complexity index is 549. The molecule has 0 saturated carbocycles. The van der Waals surface area contributed by atoms with E-state index in [1.54, 1.807) is 5.38 Å². The maximum absolute atomic E-state index is 10.7. The zero-order valence-electron chi connectivity index (χ0n) is 10.7. The van der Waals surface area contributed by atoms with E-state index in [1.807, 2.05) is 0 Å². The van der Waals surface area contributed by atoms with Gasteiger partial charge in [-0.3, -0.25) is 0 Å². The van der Waals surface area contributed by atoms with Gasteiger partial charge in [-0.25, -0.2) is 9.78 Å². The van der Waals surface area contributed by atoms with Gasteiger partial charge in [-0.1, -0.05) is 31.2 Å². The van der Waals surface area contributed by atoms with Crippen LogP contribution >= 0.6 is 11.3 Å². The monoisotopic (exact) mass is 276 g/mol. The summed E-state index contributed by atoms with van der Waals surface area (Å²) in [5, 5.41) is 14.0. The lowest BCUT2D eigenvalue weighted by molar-refractivity contribution is 0.0696. The van der Waals surface area contributed by atoms with Crippen molar-refractivity contribution in [1.29, 1.82) is 0 Å². The molecule has 0 atom stereocenters. The number of hydrogen-bond donors (Lipinski definition) is 2. The van der Waals surface area contributed by atoms with Crippen LogP contribution in [0.15, 0.2) is 29.6 Å². The highest BCUT2D eigenvalue weighted by molar-refractivity contribution is 7.11. The molecule has 2 aromatic rings. The van der Waals surface area contributed by atoms with E-state index in [2.05, 4.69) is 41.5 Å². The summed E-state index contributed by atoms with van der Waals surface area (Å²) < 4.78 is 0. The molecule has 1 heterocycles. The molecule has 1 aromatic heterocycles.